The van der Waals surface area contributed by atoms with Gasteiger partial charge in [0, 0.05) is 6.04 Å². The van der Waals surface area contributed by atoms with Crippen molar-refractivity contribution in [2.45, 2.75) is 31.2 Å². The summed E-state index contributed by atoms with van der Waals surface area (Å²) in [5.74, 6) is -0.560. The quantitative estimate of drug-likeness (QED) is 0.825. The van der Waals surface area contributed by atoms with Crippen LogP contribution in [0.4, 0.5) is 0 Å². The molecule has 0 unspecified atom stereocenters. The van der Waals surface area contributed by atoms with E-state index in [1.165, 1.54) is 31.4 Å². The van der Waals surface area contributed by atoms with Gasteiger partial charge < -0.3 is 4.74 Å². The molecule has 5 nitrogen and oxygen atoms in total. The minimum atomic E-state index is -3.59. The van der Waals surface area contributed by atoms with Gasteiger partial charge in [-0.1, -0.05) is 13.0 Å². The van der Waals surface area contributed by atoms with Crippen LogP contribution in [0.25, 0.3) is 0 Å². The molecule has 0 saturated carbocycles. The molecule has 0 heterocycles. The Hall–Kier alpha value is -1.40. The van der Waals surface area contributed by atoms with Crippen molar-refractivity contribution in [2.75, 3.05) is 7.11 Å². The Labute approximate surface area is 107 Å². The summed E-state index contributed by atoms with van der Waals surface area (Å²) in [7, 11) is -2.34. The maximum atomic E-state index is 12.0. The normalized spacial score (nSPS) is 13.1. The van der Waals surface area contributed by atoms with Gasteiger partial charge in [0.1, 0.15) is 0 Å². The minimum absolute atomic E-state index is 0.0608. The third-order valence-electron chi connectivity index (χ3n) is 2.53. The Morgan fingerprint density at radius 3 is 2.67 bits per heavy atom. The fraction of sp³-hybridized carbons (Fsp3) is 0.417. The maximum Gasteiger partial charge on any atom is 0.337 e. The fourth-order valence-corrected chi connectivity index (χ4v) is 2.70. The average molecular weight is 271 g/mol. The zero-order valence-electron chi connectivity index (χ0n) is 10.6. The van der Waals surface area contributed by atoms with E-state index in [0.29, 0.717) is 6.42 Å². The highest BCUT2D eigenvalue weighted by molar-refractivity contribution is 7.89. The van der Waals surface area contributed by atoms with Crippen LogP contribution in [0.5, 0.6) is 0 Å². The lowest BCUT2D eigenvalue weighted by Crippen LogP contribution is -2.32. The highest BCUT2D eigenvalue weighted by Crippen LogP contribution is 2.13. The van der Waals surface area contributed by atoms with Crippen molar-refractivity contribution in [2.24, 2.45) is 0 Å². The van der Waals surface area contributed by atoms with Crippen LogP contribution in [0.1, 0.15) is 30.6 Å². The predicted octanol–water partition coefficient (Wildman–Crippen LogP) is 1.55. The monoisotopic (exact) mass is 271 g/mol. The third-order valence-corrected chi connectivity index (χ3v) is 4.12. The largest absolute Gasteiger partial charge is 0.465 e. The van der Waals surface area contributed by atoms with Crippen molar-refractivity contribution in [3.05, 3.63) is 29.8 Å². The molecule has 6 heteroatoms. The van der Waals surface area contributed by atoms with Gasteiger partial charge in [0.25, 0.3) is 0 Å². The first-order chi connectivity index (χ1) is 8.40. The molecule has 0 fully saturated rings. The van der Waals surface area contributed by atoms with Crippen LogP contribution in [0, 0.1) is 0 Å². The van der Waals surface area contributed by atoms with Gasteiger partial charge in [0.15, 0.2) is 0 Å². The standard InChI is InChI=1S/C12H17NO4S/c1-4-9(2)13-18(15,16)11-7-5-6-10(8-11)12(14)17-3/h5-9,13H,4H2,1-3H3/t9-/m0/s1. The Morgan fingerprint density at radius 2 is 2.11 bits per heavy atom. The summed E-state index contributed by atoms with van der Waals surface area (Å²) in [5, 5.41) is 0. The lowest BCUT2D eigenvalue weighted by molar-refractivity contribution is 0.0600. The second-order valence-corrected chi connectivity index (χ2v) is 5.66. The lowest BCUT2D eigenvalue weighted by Gasteiger charge is -2.12. The first-order valence-corrected chi connectivity index (χ1v) is 7.09. The molecule has 1 aromatic carbocycles. The number of esters is 1. The molecule has 0 amide bonds. The molecule has 1 rings (SSSR count). The molecule has 0 aromatic heterocycles. The second kappa shape index (κ2) is 5.97. The number of hydrogen-bond acceptors (Lipinski definition) is 4. The SMILES string of the molecule is CC[C@H](C)NS(=O)(=O)c1cccc(C(=O)OC)c1. The molecule has 1 aromatic rings. The van der Waals surface area contributed by atoms with E-state index in [1.54, 1.807) is 6.92 Å². The van der Waals surface area contributed by atoms with Crippen LogP contribution in [0.2, 0.25) is 0 Å². The highest BCUT2D eigenvalue weighted by Gasteiger charge is 2.18. The maximum absolute atomic E-state index is 12.0. The van der Waals surface area contributed by atoms with Gasteiger partial charge in [-0.2, -0.15) is 0 Å². The Morgan fingerprint density at radius 1 is 1.44 bits per heavy atom. The van der Waals surface area contributed by atoms with Gasteiger partial charge in [-0.3, -0.25) is 0 Å². The van der Waals surface area contributed by atoms with Crippen molar-refractivity contribution in [3.8, 4) is 0 Å². The number of ether oxygens (including phenoxy) is 1. The molecule has 1 atom stereocenters. The molecule has 0 spiro atoms. The molecule has 0 radical (unpaired) electrons. The smallest absolute Gasteiger partial charge is 0.337 e. The van der Waals surface area contributed by atoms with Crippen LogP contribution in [-0.2, 0) is 14.8 Å². The molecule has 0 aliphatic carbocycles. The number of benzene rings is 1. The van der Waals surface area contributed by atoms with Gasteiger partial charge in [-0.25, -0.2) is 17.9 Å². The highest BCUT2D eigenvalue weighted by atomic mass is 32.2. The Kier molecular flexibility index (Phi) is 4.86. The summed E-state index contributed by atoms with van der Waals surface area (Å²) in [5.41, 5.74) is 0.213. The lowest BCUT2D eigenvalue weighted by atomic mass is 10.2. The van der Waals surface area contributed by atoms with E-state index in [0.717, 1.165) is 0 Å². The van der Waals surface area contributed by atoms with E-state index in [-0.39, 0.29) is 16.5 Å². The average Bonchev–Trinajstić information content (AvgIpc) is 2.37. The van der Waals surface area contributed by atoms with Crippen molar-refractivity contribution in [1.82, 2.24) is 4.72 Å². The van der Waals surface area contributed by atoms with E-state index < -0.39 is 16.0 Å². The van der Waals surface area contributed by atoms with Gasteiger partial charge in [0.05, 0.1) is 17.6 Å². The summed E-state index contributed by atoms with van der Waals surface area (Å²) in [4.78, 5) is 11.4. The summed E-state index contributed by atoms with van der Waals surface area (Å²) in [6, 6.07) is 5.61. The number of hydrogen-bond donors (Lipinski definition) is 1. The van der Waals surface area contributed by atoms with E-state index in [2.05, 4.69) is 9.46 Å². The third kappa shape index (κ3) is 3.54. The summed E-state index contributed by atoms with van der Waals surface area (Å²) >= 11 is 0. The van der Waals surface area contributed by atoms with E-state index >= 15 is 0 Å². The molecule has 0 aliphatic rings. The van der Waals surface area contributed by atoms with Crippen LogP contribution in [0.15, 0.2) is 29.2 Å². The van der Waals surface area contributed by atoms with Crippen molar-refractivity contribution < 1.29 is 17.9 Å². The second-order valence-electron chi connectivity index (χ2n) is 3.95. The van der Waals surface area contributed by atoms with Crippen molar-refractivity contribution in [1.29, 1.82) is 0 Å². The Bertz CT molecular complexity index is 525. The number of carbonyl (C=O) groups is 1. The number of methoxy groups -OCH3 is 1. The number of carbonyl (C=O) groups excluding carboxylic acids is 1. The first kappa shape index (κ1) is 14.7. The molecular weight excluding hydrogens is 254 g/mol. The number of nitrogens with one attached hydrogen (secondary N) is 1. The molecule has 18 heavy (non-hydrogen) atoms. The minimum Gasteiger partial charge on any atom is -0.465 e. The zero-order valence-corrected chi connectivity index (χ0v) is 11.5. The number of sulfonamides is 1. The van der Waals surface area contributed by atoms with Crippen molar-refractivity contribution in [3.63, 3.8) is 0 Å². The molecule has 1 N–H and O–H groups in total. The molecular formula is C12H17NO4S. The van der Waals surface area contributed by atoms with Crippen LogP contribution in [0.3, 0.4) is 0 Å². The zero-order chi connectivity index (χ0) is 13.8. The summed E-state index contributed by atoms with van der Waals surface area (Å²) in [6.07, 6.45) is 0.690. The summed E-state index contributed by atoms with van der Waals surface area (Å²) in [6.45, 7) is 3.67. The van der Waals surface area contributed by atoms with E-state index in [4.69, 9.17) is 0 Å². The van der Waals surface area contributed by atoms with E-state index in [1.807, 2.05) is 6.92 Å². The predicted molar refractivity (Wildman–Crippen MR) is 67.9 cm³/mol. The number of rotatable bonds is 5. The van der Waals surface area contributed by atoms with Crippen molar-refractivity contribution >= 4 is 16.0 Å². The topological polar surface area (TPSA) is 72.5 Å². The first-order valence-electron chi connectivity index (χ1n) is 5.61. The van der Waals surface area contributed by atoms with Gasteiger partial charge in [-0.15, -0.1) is 0 Å². The molecule has 0 aliphatic heterocycles. The van der Waals surface area contributed by atoms with Crippen LogP contribution >= 0.6 is 0 Å². The summed E-state index contributed by atoms with van der Waals surface area (Å²) < 4.78 is 31.1. The fourth-order valence-electron chi connectivity index (χ4n) is 1.32. The molecule has 0 saturated heterocycles. The Balaban J connectivity index is 3.06. The van der Waals surface area contributed by atoms with Gasteiger partial charge in [-0.05, 0) is 31.5 Å². The molecule has 100 valence electrons. The van der Waals surface area contributed by atoms with Crippen LogP contribution in [-0.4, -0.2) is 27.5 Å². The molecule has 0 bridgehead atoms. The van der Waals surface area contributed by atoms with Gasteiger partial charge >= 0.3 is 5.97 Å². The van der Waals surface area contributed by atoms with Crippen LogP contribution < -0.4 is 4.72 Å². The van der Waals surface area contributed by atoms with E-state index in [9.17, 15) is 13.2 Å². The van der Waals surface area contributed by atoms with Gasteiger partial charge in [0.2, 0.25) is 10.0 Å².